The lowest BCUT2D eigenvalue weighted by atomic mass is 10.2. The topological polar surface area (TPSA) is 67.8 Å². The summed E-state index contributed by atoms with van der Waals surface area (Å²) in [5.74, 6) is -0.545. The van der Waals surface area contributed by atoms with Gasteiger partial charge < -0.3 is 19.9 Å². The number of rotatable bonds is 8. The number of nitrogens with one attached hydrogen (secondary N) is 1. The van der Waals surface area contributed by atoms with Gasteiger partial charge in [-0.25, -0.2) is 4.39 Å². The van der Waals surface area contributed by atoms with E-state index in [-0.39, 0.29) is 24.7 Å². The molecule has 0 unspecified atom stereocenters. The summed E-state index contributed by atoms with van der Waals surface area (Å²) in [6.07, 6.45) is 0. The summed E-state index contributed by atoms with van der Waals surface area (Å²) in [5.41, 5.74) is 1.29. The van der Waals surface area contributed by atoms with Gasteiger partial charge in [-0.15, -0.1) is 0 Å². The molecule has 2 aromatic rings. The lowest BCUT2D eigenvalue weighted by molar-refractivity contribution is -0.135. The van der Waals surface area contributed by atoms with Crippen LogP contribution in [-0.2, 0) is 17.9 Å². The van der Waals surface area contributed by atoms with Crippen molar-refractivity contribution in [1.29, 1.82) is 0 Å². The predicted octanol–water partition coefficient (Wildman–Crippen LogP) is 3.89. The number of ether oxygens (including phenoxy) is 2. The average molecular weight is 388 g/mol. The van der Waals surface area contributed by atoms with Gasteiger partial charge >= 0.3 is 5.97 Å². The van der Waals surface area contributed by atoms with Gasteiger partial charge in [-0.3, -0.25) is 4.79 Å². The molecule has 0 radical (unpaired) electrons. The molecule has 0 aromatic heterocycles. The minimum atomic E-state index is -0.959. The van der Waals surface area contributed by atoms with E-state index in [0.717, 1.165) is 0 Å². The second kappa shape index (κ2) is 8.89. The second-order valence-electron chi connectivity index (χ2n) is 5.12. The summed E-state index contributed by atoms with van der Waals surface area (Å²) >= 11 is 12.2. The fourth-order valence-corrected chi connectivity index (χ4v) is 2.53. The van der Waals surface area contributed by atoms with Crippen LogP contribution in [0, 0.1) is 5.82 Å². The number of benzene rings is 2. The third kappa shape index (κ3) is 5.49. The largest absolute Gasteiger partial charge is 0.493 e. The maximum Gasteiger partial charge on any atom is 0.317 e. The maximum absolute atomic E-state index is 13.1. The molecule has 0 bridgehead atoms. The van der Waals surface area contributed by atoms with E-state index in [2.05, 4.69) is 5.32 Å². The summed E-state index contributed by atoms with van der Waals surface area (Å²) in [6, 6.07) is 7.29. The molecular formula is C17H16Cl2FNO4. The van der Waals surface area contributed by atoms with Gasteiger partial charge in [-0.05, 0) is 23.8 Å². The molecule has 0 atom stereocenters. The molecule has 0 fully saturated rings. The van der Waals surface area contributed by atoms with Crippen molar-refractivity contribution in [2.24, 2.45) is 0 Å². The van der Waals surface area contributed by atoms with Crippen LogP contribution in [0.1, 0.15) is 11.1 Å². The summed E-state index contributed by atoms with van der Waals surface area (Å²) in [7, 11) is 1.48. The Morgan fingerprint density at radius 2 is 1.88 bits per heavy atom. The van der Waals surface area contributed by atoms with Crippen molar-refractivity contribution in [2.75, 3.05) is 13.7 Å². The van der Waals surface area contributed by atoms with Gasteiger partial charge in [-0.1, -0.05) is 29.3 Å². The van der Waals surface area contributed by atoms with Gasteiger partial charge in [0.15, 0.2) is 11.5 Å². The van der Waals surface area contributed by atoms with Crippen LogP contribution in [0.5, 0.6) is 11.5 Å². The van der Waals surface area contributed by atoms with Crippen molar-refractivity contribution < 1.29 is 23.8 Å². The molecule has 0 spiro atoms. The smallest absolute Gasteiger partial charge is 0.317 e. The number of carboxylic acid groups (broad SMARTS) is 1. The molecule has 2 rings (SSSR count). The first-order valence-corrected chi connectivity index (χ1v) is 8.02. The molecule has 0 saturated heterocycles. The maximum atomic E-state index is 13.1. The highest BCUT2D eigenvalue weighted by molar-refractivity contribution is 6.31. The number of aliphatic carboxylic acids is 1. The quantitative estimate of drug-likeness (QED) is 0.718. The molecule has 0 aliphatic heterocycles. The zero-order valence-corrected chi connectivity index (χ0v) is 14.8. The van der Waals surface area contributed by atoms with Crippen molar-refractivity contribution >= 4 is 29.2 Å². The summed E-state index contributed by atoms with van der Waals surface area (Å²) in [5, 5.41) is 12.1. The SMILES string of the molecule is COc1cc(CNCC(=O)O)c(Cl)cc1OCc1ccc(F)cc1Cl. The van der Waals surface area contributed by atoms with Crippen LogP contribution in [0.3, 0.4) is 0 Å². The molecule has 5 nitrogen and oxygen atoms in total. The van der Waals surface area contributed by atoms with Crippen molar-refractivity contribution in [3.8, 4) is 11.5 Å². The van der Waals surface area contributed by atoms with E-state index >= 15 is 0 Å². The van der Waals surface area contributed by atoms with Crippen molar-refractivity contribution in [3.05, 3.63) is 57.3 Å². The Bertz CT molecular complexity index is 771. The number of carbonyl (C=O) groups is 1. The highest BCUT2D eigenvalue weighted by Crippen LogP contribution is 2.34. The Hall–Kier alpha value is -2.02. The molecule has 25 heavy (non-hydrogen) atoms. The first-order valence-electron chi connectivity index (χ1n) is 7.26. The molecule has 8 heteroatoms. The Morgan fingerprint density at radius 1 is 1.16 bits per heavy atom. The normalized spacial score (nSPS) is 10.6. The predicted molar refractivity (Wildman–Crippen MR) is 93.1 cm³/mol. The molecule has 2 aromatic carbocycles. The van der Waals surface area contributed by atoms with Gasteiger partial charge in [0, 0.05) is 23.2 Å². The average Bonchev–Trinajstić information content (AvgIpc) is 2.55. The van der Waals surface area contributed by atoms with E-state index < -0.39 is 11.8 Å². The zero-order valence-electron chi connectivity index (χ0n) is 13.3. The molecule has 134 valence electrons. The van der Waals surface area contributed by atoms with E-state index in [1.165, 1.54) is 25.3 Å². The van der Waals surface area contributed by atoms with Gasteiger partial charge in [-0.2, -0.15) is 0 Å². The molecule has 2 N–H and O–H groups in total. The van der Waals surface area contributed by atoms with Crippen molar-refractivity contribution in [2.45, 2.75) is 13.2 Å². The fourth-order valence-electron chi connectivity index (χ4n) is 2.08. The van der Waals surface area contributed by atoms with E-state index in [9.17, 15) is 9.18 Å². The molecule has 0 saturated carbocycles. The van der Waals surface area contributed by atoms with Crippen LogP contribution in [0.4, 0.5) is 4.39 Å². The third-order valence-electron chi connectivity index (χ3n) is 3.32. The van der Waals surface area contributed by atoms with Gasteiger partial charge in [0.25, 0.3) is 0 Å². The first kappa shape index (κ1) is 19.3. The van der Waals surface area contributed by atoms with Crippen molar-refractivity contribution in [1.82, 2.24) is 5.32 Å². The minimum absolute atomic E-state index is 0.114. The van der Waals surface area contributed by atoms with Gasteiger partial charge in [0.1, 0.15) is 12.4 Å². The first-order chi connectivity index (χ1) is 11.9. The van der Waals surface area contributed by atoms with E-state index in [1.807, 2.05) is 0 Å². The molecule has 0 aliphatic rings. The molecular weight excluding hydrogens is 372 g/mol. The standard InChI is InChI=1S/C17H16Cl2FNO4/c1-24-15-4-11(7-21-8-17(22)23)14(19)6-16(15)25-9-10-2-3-12(20)5-13(10)18/h2-6,21H,7-9H2,1H3,(H,22,23). The second-order valence-corrected chi connectivity index (χ2v) is 5.93. The lowest BCUT2D eigenvalue weighted by Crippen LogP contribution is -2.22. The lowest BCUT2D eigenvalue weighted by Gasteiger charge is -2.14. The van der Waals surface area contributed by atoms with Crippen LogP contribution in [0.15, 0.2) is 30.3 Å². The Balaban J connectivity index is 2.12. The Morgan fingerprint density at radius 3 is 2.52 bits per heavy atom. The summed E-state index contributed by atoms with van der Waals surface area (Å²) < 4.78 is 24.0. The van der Waals surface area contributed by atoms with E-state index in [1.54, 1.807) is 12.1 Å². The summed E-state index contributed by atoms with van der Waals surface area (Å²) in [4.78, 5) is 10.5. The number of carboxylic acids is 1. The number of hydrogen-bond donors (Lipinski definition) is 2. The number of halogens is 3. The minimum Gasteiger partial charge on any atom is -0.493 e. The van der Waals surface area contributed by atoms with Crippen LogP contribution in [0.2, 0.25) is 10.0 Å². The van der Waals surface area contributed by atoms with Gasteiger partial charge in [0.2, 0.25) is 0 Å². The number of hydrogen-bond acceptors (Lipinski definition) is 4. The third-order valence-corrected chi connectivity index (χ3v) is 4.03. The summed E-state index contributed by atoms with van der Waals surface area (Å²) in [6.45, 7) is 0.202. The zero-order chi connectivity index (χ0) is 18.4. The van der Waals surface area contributed by atoms with E-state index in [4.69, 9.17) is 37.8 Å². The molecule has 0 aliphatic carbocycles. The van der Waals surface area contributed by atoms with Crippen LogP contribution in [0.25, 0.3) is 0 Å². The molecule has 0 amide bonds. The fraction of sp³-hybridized carbons (Fsp3) is 0.235. The Labute approximate surface area is 154 Å². The molecule has 0 heterocycles. The van der Waals surface area contributed by atoms with Gasteiger partial charge in [0.05, 0.1) is 18.7 Å². The Kier molecular flexibility index (Phi) is 6.87. The monoisotopic (exact) mass is 387 g/mol. The highest BCUT2D eigenvalue weighted by atomic mass is 35.5. The van der Waals surface area contributed by atoms with E-state index in [0.29, 0.717) is 27.6 Å². The van der Waals surface area contributed by atoms with Crippen LogP contribution in [-0.4, -0.2) is 24.7 Å². The van der Waals surface area contributed by atoms with Crippen molar-refractivity contribution in [3.63, 3.8) is 0 Å². The van der Waals surface area contributed by atoms with Crippen LogP contribution >= 0.6 is 23.2 Å². The number of methoxy groups -OCH3 is 1. The highest BCUT2D eigenvalue weighted by Gasteiger charge is 2.12. The van der Waals surface area contributed by atoms with Crippen LogP contribution < -0.4 is 14.8 Å².